The van der Waals surface area contributed by atoms with Crippen LogP contribution in [0.4, 0.5) is 0 Å². The van der Waals surface area contributed by atoms with Crippen molar-refractivity contribution >= 4 is 0 Å². The van der Waals surface area contributed by atoms with Crippen molar-refractivity contribution in [3.05, 3.63) is 0 Å². The highest BCUT2D eigenvalue weighted by atomic mass is 14.9. The second-order valence-electron chi connectivity index (χ2n) is 4.10. The van der Waals surface area contributed by atoms with E-state index in [0.29, 0.717) is 0 Å². The zero-order chi connectivity index (χ0) is 9.36. The molecule has 0 heterocycles. The molecule has 0 saturated heterocycles. The second kappa shape index (κ2) is 7.34. The van der Waals surface area contributed by atoms with Gasteiger partial charge in [-0.25, -0.2) is 0 Å². The standard InChI is InChI=1S/C11H24N2/c1-12-9-6-10-13-11-7-4-2-3-5-8-11/h11-13H,2-10H2,1H3. The van der Waals surface area contributed by atoms with Gasteiger partial charge in [0.1, 0.15) is 0 Å². The van der Waals surface area contributed by atoms with E-state index in [0.717, 1.165) is 12.6 Å². The zero-order valence-corrected chi connectivity index (χ0v) is 8.94. The normalized spacial score (nSPS) is 20.1. The Hall–Kier alpha value is -0.0800. The van der Waals surface area contributed by atoms with Gasteiger partial charge in [-0.05, 0) is 39.4 Å². The predicted octanol–water partition coefficient (Wildman–Crippen LogP) is 1.91. The topological polar surface area (TPSA) is 24.1 Å². The third kappa shape index (κ3) is 5.27. The minimum Gasteiger partial charge on any atom is -0.320 e. The lowest BCUT2D eigenvalue weighted by molar-refractivity contribution is 0.453. The molecule has 1 aliphatic rings. The van der Waals surface area contributed by atoms with Crippen LogP contribution in [-0.4, -0.2) is 26.2 Å². The summed E-state index contributed by atoms with van der Waals surface area (Å²) >= 11 is 0. The summed E-state index contributed by atoms with van der Waals surface area (Å²) in [6.45, 7) is 2.32. The third-order valence-electron chi connectivity index (χ3n) is 2.89. The van der Waals surface area contributed by atoms with Crippen LogP contribution >= 0.6 is 0 Å². The molecule has 0 atom stereocenters. The molecule has 0 radical (unpaired) electrons. The lowest BCUT2D eigenvalue weighted by Gasteiger charge is -2.15. The van der Waals surface area contributed by atoms with Crippen molar-refractivity contribution < 1.29 is 0 Å². The van der Waals surface area contributed by atoms with Gasteiger partial charge in [0.15, 0.2) is 0 Å². The van der Waals surface area contributed by atoms with Gasteiger partial charge in [-0.2, -0.15) is 0 Å². The van der Waals surface area contributed by atoms with Crippen LogP contribution in [0, 0.1) is 0 Å². The predicted molar refractivity (Wildman–Crippen MR) is 58.0 cm³/mol. The molecule has 0 aromatic carbocycles. The second-order valence-corrected chi connectivity index (χ2v) is 4.10. The quantitative estimate of drug-likeness (QED) is 0.504. The van der Waals surface area contributed by atoms with Crippen LogP contribution in [-0.2, 0) is 0 Å². The van der Waals surface area contributed by atoms with Crippen molar-refractivity contribution in [3.8, 4) is 0 Å². The molecule has 0 aromatic heterocycles. The van der Waals surface area contributed by atoms with Crippen molar-refractivity contribution in [3.63, 3.8) is 0 Å². The van der Waals surface area contributed by atoms with E-state index in [1.54, 1.807) is 0 Å². The van der Waals surface area contributed by atoms with Gasteiger partial charge in [-0.15, -0.1) is 0 Å². The average Bonchev–Trinajstić information content (AvgIpc) is 2.41. The fourth-order valence-corrected chi connectivity index (χ4v) is 2.05. The van der Waals surface area contributed by atoms with Crippen molar-refractivity contribution in [2.75, 3.05) is 20.1 Å². The van der Waals surface area contributed by atoms with E-state index in [1.807, 2.05) is 7.05 Å². The van der Waals surface area contributed by atoms with Crippen LogP contribution in [0.15, 0.2) is 0 Å². The molecule has 0 amide bonds. The van der Waals surface area contributed by atoms with Crippen LogP contribution in [0.25, 0.3) is 0 Å². The molecule has 2 heteroatoms. The molecule has 0 aromatic rings. The Morgan fingerprint density at radius 1 is 1.00 bits per heavy atom. The van der Waals surface area contributed by atoms with Gasteiger partial charge in [-0.3, -0.25) is 0 Å². The number of hydrogen-bond donors (Lipinski definition) is 2. The first kappa shape index (κ1) is 11.0. The summed E-state index contributed by atoms with van der Waals surface area (Å²) in [5.74, 6) is 0. The van der Waals surface area contributed by atoms with Crippen LogP contribution < -0.4 is 10.6 Å². The van der Waals surface area contributed by atoms with E-state index >= 15 is 0 Å². The van der Waals surface area contributed by atoms with Gasteiger partial charge < -0.3 is 10.6 Å². The van der Waals surface area contributed by atoms with Gasteiger partial charge >= 0.3 is 0 Å². The first-order valence-electron chi connectivity index (χ1n) is 5.81. The van der Waals surface area contributed by atoms with Gasteiger partial charge in [0.25, 0.3) is 0 Å². The van der Waals surface area contributed by atoms with Gasteiger partial charge in [0.05, 0.1) is 0 Å². The minimum absolute atomic E-state index is 0.819. The first-order chi connectivity index (χ1) is 6.43. The summed E-state index contributed by atoms with van der Waals surface area (Å²) in [6, 6.07) is 0.819. The van der Waals surface area contributed by atoms with Crippen LogP contribution in [0.5, 0.6) is 0 Å². The molecule has 1 fully saturated rings. The molecular weight excluding hydrogens is 160 g/mol. The molecule has 0 unspecified atom stereocenters. The monoisotopic (exact) mass is 184 g/mol. The molecule has 2 N–H and O–H groups in total. The molecule has 13 heavy (non-hydrogen) atoms. The minimum atomic E-state index is 0.819. The number of hydrogen-bond acceptors (Lipinski definition) is 2. The molecule has 0 spiro atoms. The van der Waals surface area contributed by atoms with E-state index in [-0.39, 0.29) is 0 Å². The third-order valence-corrected chi connectivity index (χ3v) is 2.89. The summed E-state index contributed by atoms with van der Waals surface area (Å²) in [5.41, 5.74) is 0. The fourth-order valence-electron chi connectivity index (χ4n) is 2.05. The highest BCUT2D eigenvalue weighted by Gasteiger charge is 2.10. The van der Waals surface area contributed by atoms with Crippen molar-refractivity contribution in [1.29, 1.82) is 0 Å². The molecule has 0 bridgehead atoms. The Balaban J connectivity index is 1.98. The molecule has 2 nitrogen and oxygen atoms in total. The van der Waals surface area contributed by atoms with E-state index in [9.17, 15) is 0 Å². The smallest absolute Gasteiger partial charge is 0.00670 e. The maximum atomic E-state index is 3.66. The first-order valence-corrected chi connectivity index (χ1v) is 5.81. The molecule has 0 aliphatic heterocycles. The van der Waals surface area contributed by atoms with E-state index < -0.39 is 0 Å². The zero-order valence-electron chi connectivity index (χ0n) is 8.94. The van der Waals surface area contributed by atoms with Gasteiger partial charge in [0, 0.05) is 6.04 Å². The maximum Gasteiger partial charge on any atom is 0.00670 e. The highest BCUT2D eigenvalue weighted by molar-refractivity contribution is 4.70. The Labute approximate surface area is 82.5 Å². The lowest BCUT2D eigenvalue weighted by atomic mass is 10.1. The van der Waals surface area contributed by atoms with Crippen LogP contribution in [0.2, 0.25) is 0 Å². The van der Waals surface area contributed by atoms with Crippen molar-refractivity contribution in [2.24, 2.45) is 0 Å². The average molecular weight is 184 g/mol. The number of rotatable bonds is 5. The Morgan fingerprint density at radius 2 is 1.69 bits per heavy atom. The summed E-state index contributed by atoms with van der Waals surface area (Å²) in [4.78, 5) is 0. The molecule has 1 aliphatic carbocycles. The summed E-state index contributed by atoms with van der Waals surface area (Å²) < 4.78 is 0. The Kier molecular flexibility index (Phi) is 6.21. The molecule has 78 valence electrons. The summed E-state index contributed by atoms with van der Waals surface area (Å²) in [7, 11) is 2.02. The van der Waals surface area contributed by atoms with Gasteiger partial charge in [0.2, 0.25) is 0 Å². The van der Waals surface area contributed by atoms with Gasteiger partial charge in [-0.1, -0.05) is 25.7 Å². The summed E-state index contributed by atoms with van der Waals surface area (Å²) in [5, 5.41) is 6.83. The van der Waals surface area contributed by atoms with E-state index in [4.69, 9.17) is 0 Å². The SMILES string of the molecule is CNCCCNC1CCCCCC1. The highest BCUT2D eigenvalue weighted by Crippen LogP contribution is 2.16. The largest absolute Gasteiger partial charge is 0.320 e. The summed E-state index contributed by atoms with van der Waals surface area (Å²) in [6.07, 6.45) is 9.84. The maximum absolute atomic E-state index is 3.66. The molecular formula is C11H24N2. The molecule has 1 saturated carbocycles. The molecule has 1 rings (SSSR count). The lowest BCUT2D eigenvalue weighted by Crippen LogP contribution is -2.30. The van der Waals surface area contributed by atoms with Crippen LogP contribution in [0.3, 0.4) is 0 Å². The van der Waals surface area contributed by atoms with E-state index in [2.05, 4.69) is 10.6 Å². The Bertz CT molecular complexity index is 107. The van der Waals surface area contributed by atoms with E-state index in [1.165, 1.54) is 51.5 Å². The fraction of sp³-hybridized carbons (Fsp3) is 1.00. The van der Waals surface area contributed by atoms with Crippen molar-refractivity contribution in [1.82, 2.24) is 10.6 Å². The van der Waals surface area contributed by atoms with Crippen molar-refractivity contribution in [2.45, 2.75) is 51.0 Å². The van der Waals surface area contributed by atoms with Crippen LogP contribution in [0.1, 0.15) is 44.9 Å². The Morgan fingerprint density at radius 3 is 2.31 bits per heavy atom. The number of nitrogens with one attached hydrogen (secondary N) is 2.